The van der Waals surface area contributed by atoms with Crippen LogP contribution >= 0.6 is 22.9 Å². The highest BCUT2D eigenvalue weighted by molar-refractivity contribution is 7.16. The summed E-state index contributed by atoms with van der Waals surface area (Å²) in [4.78, 5) is 15.4. The molecule has 3 aromatic rings. The lowest BCUT2D eigenvalue weighted by molar-refractivity contribution is -0.913. The predicted octanol–water partition coefficient (Wildman–Crippen LogP) is 4.63. The lowest BCUT2D eigenvalue weighted by Gasteiger charge is -2.26. The molecule has 2 aromatic heterocycles. The van der Waals surface area contributed by atoms with Gasteiger partial charge in [-0.1, -0.05) is 23.7 Å². The highest BCUT2D eigenvalue weighted by atomic mass is 35.5. The van der Waals surface area contributed by atoms with E-state index in [0.29, 0.717) is 5.76 Å². The van der Waals surface area contributed by atoms with Crippen molar-refractivity contribution in [3.05, 3.63) is 75.0 Å². The minimum atomic E-state index is -0.209. The Morgan fingerprint density at radius 3 is 2.54 bits per heavy atom. The third kappa shape index (κ3) is 3.75. The van der Waals surface area contributed by atoms with Crippen LogP contribution in [0.4, 0.5) is 5.00 Å². The van der Waals surface area contributed by atoms with Crippen LogP contribution in [-0.4, -0.2) is 19.0 Å². The van der Waals surface area contributed by atoms with Crippen molar-refractivity contribution < 1.29 is 14.1 Å². The lowest BCUT2D eigenvalue weighted by Crippen LogP contribution is -3.10. The molecule has 1 fully saturated rings. The number of hydrogen-bond donors (Lipinski definition) is 2. The molecule has 6 heteroatoms. The summed E-state index contributed by atoms with van der Waals surface area (Å²) in [5.41, 5.74) is 3.69. The average molecular weight is 416 g/mol. The predicted molar refractivity (Wildman–Crippen MR) is 114 cm³/mol. The number of halogens is 1. The van der Waals surface area contributed by atoms with Gasteiger partial charge in [-0.2, -0.15) is 0 Å². The van der Waals surface area contributed by atoms with Gasteiger partial charge in [-0.15, -0.1) is 11.3 Å². The Balaban J connectivity index is 1.77. The van der Waals surface area contributed by atoms with Crippen LogP contribution in [0, 0.1) is 13.8 Å². The van der Waals surface area contributed by atoms with Crippen molar-refractivity contribution in [2.45, 2.75) is 32.7 Å². The van der Waals surface area contributed by atoms with E-state index in [2.05, 4.69) is 31.3 Å². The second-order valence-corrected chi connectivity index (χ2v) is 8.97. The van der Waals surface area contributed by atoms with Crippen molar-refractivity contribution in [1.82, 2.24) is 0 Å². The Morgan fingerprint density at radius 2 is 1.89 bits per heavy atom. The van der Waals surface area contributed by atoms with E-state index in [4.69, 9.17) is 16.0 Å². The Bertz CT molecular complexity index is 957. The number of carbonyl (C=O) groups is 1. The molecule has 0 spiro atoms. The SMILES string of the molecule is Cc1sc(NC(=O)c2ccco2)c([C@@H](c2ccc(Cl)cc2)[NH+]2CCCC2)c1C. The summed E-state index contributed by atoms with van der Waals surface area (Å²) in [5, 5.41) is 4.76. The second kappa shape index (κ2) is 8.11. The first-order valence-corrected chi connectivity index (χ1v) is 10.8. The molecular weight excluding hydrogens is 392 g/mol. The number of rotatable bonds is 5. The Hall–Kier alpha value is -2.08. The third-order valence-electron chi connectivity index (χ3n) is 5.55. The van der Waals surface area contributed by atoms with E-state index in [-0.39, 0.29) is 11.9 Å². The van der Waals surface area contributed by atoms with Gasteiger partial charge < -0.3 is 14.6 Å². The van der Waals surface area contributed by atoms with Crippen molar-refractivity contribution in [3.8, 4) is 0 Å². The van der Waals surface area contributed by atoms with E-state index in [1.165, 1.54) is 45.6 Å². The van der Waals surface area contributed by atoms with Crippen molar-refractivity contribution in [2.75, 3.05) is 18.4 Å². The standard InChI is InChI=1S/C22H23ClN2O2S/c1-14-15(2)28-22(24-21(26)18-6-5-13-27-18)19(14)20(25-11-3-4-12-25)16-7-9-17(23)10-8-16/h5-10,13,20H,3-4,11-12H2,1-2H3,(H,24,26)/p+1/t20-/m1/s1. The van der Waals surface area contributed by atoms with Gasteiger partial charge in [-0.25, -0.2) is 0 Å². The number of nitrogens with one attached hydrogen (secondary N) is 2. The van der Waals surface area contributed by atoms with E-state index in [1.54, 1.807) is 23.5 Å². The normalized spacial score (nSPS) is 15.7. The highest BCUT2D eigenvalue weighted by Crippen LogP contribution is 2.39. The first kappa shape index (κ1) is 19.2. The molecule has 4 rings (SSSR count). The zero-order valence-corrected chi connectivity index (χ0v) is 17.6. The van der Waals surface area contributed by atoms with Gasteiger partial charge >= 0.3 is 0 Å². The Morgan fingerprint density at radius 1 is 1.18 bits per heavy atom. The van der Waals surface area contributed by atoms with Gasteiger partial charge in [0.2, 0.25) is 0 Å². The molecule has 146 valence electrons. The molecule has 1 aromatic carbocycles. The van der Waals surface area contributed by atoms with E-state index >= 15 is 0 Å². The molecule has 0 aliphatic carbocycles. The number of aryl methyl sites for hydroxylation is 1. The molecular formula is C22H24ClN2O2S+. The summed E-state index contributed by atoms with van der Waals surface area (Å²) >= 11 is 7.78. The van der Waals surface area contributed by atoms with E-state index in [1.807, 2.05) is 12.1 Å². The van der Waals surface area contributed by atoms with Crippen LogP contribution in [0.5, 0.6) is 0 Å². The van der Waals surface area contributed by atoms with E-state index in [9.17, 15) is 4.79 Å². The molecule has 1 atom stereocenters. The quantitative estimate of drug-likeness (QED) is 0.638. The number of quaternary nitrogens is 1. The summed E-state index contributed by atoms with van der Waals surface area (Å²) in [7, 11) is 0. The number of furan rings is 1. The van der Waals surface area contributed by atoms with Gasteiger partial charge in [0.15, 0.2) is 5.76 Å². The molecule has 0 bridgehead atoms. The zero-order chi connectivity index (χ0) is 19.7. The minimum absolute atomic E-state index is 0.177. The van der Waals surface area contributed by atoms with Gasteiger partial charge in [0.1, 0.15) is 11.0 Å². The summed E-state index contributed by atoms with van der Waals surface area (Å²) in [6, 6.07) is 11.7. The molecule has 1 aliphatic heterocycles. The Labute approximate surface area is 174 Å². The molecule has 3 heterocycles. The Kier molecular flexibility index (Phi) is 5.58. The summed E-state index contributed by atoms with van der Waals surface area (Å²) in [5.74, 6) is 0.116. The van der Waals surface area contributed by atoms with Gasteiger partial charge in [-0.05, 0) is 43.7 Å². The maximum absolute atomic E-state index is 12.7. The molecule has 2 N–H and O–H groups in total. The van der Waals surface area contributed by atoms with Crippen LogP contribution in [-0.2, 0) is 0 Å². The van der Waals surface area contributed by atoms with Crippen molar-refractivity contribution >= 4 is 33.8 Å². The molecule has 0 unspecified atom stereocenters. The number of anilines is 1. The topological polar surface area (TPSA) is 46.7 Å². The van der Waals surface area contributed by atoms with Crippen LogP contribution in [0.2, 0.25) is 5.02 Å². The van der Waals surface area contributed by atoms with Crippen molar-refractivity contribution in [2.24, 2.45) is 0 Å². The number of likely N-dealkylation sites (tertiary alicyclic amines) is 1. The molecule has 0 radical (unpaired) electrons. The number of amides is 1. The third-order valence-corrected chi connectivity index (χ3v) is 6.94. The molecule has 1 aliphatic rings. The maximum atomic E-state index is 12.7. The zero-order valence-electron chi connectivity index (χ0n) is 16.0. The van der Waals surface area contributed by atoms with Crippen molar-refractivity contribution in [1.29, 1.82) is 0 Å². The summed E-state index contributed by atoms with van der Waals surface area (Å²) < 4.78 is 5.28. The molecule has 1 amide bonds. The summed E-state index contributed by atoms with van der Waals surface area (Å²) in [6.07, 6.45) is 3.98. The number of hydrogen-bond acceptors (Lipinski definition) is 3. The monoisotopic (exact) mass is 415 g/mol. The number of carbonyl (C=O) groups excluding carboxylic acids is 1. The average Bonchev–Trinajstić information content (AvgIpc) is 3.43. The molecule has 4 nitrogen and oxygen atoms in total. The van der Waals surface area contributed by atoms with Gasteiger partial charge in [0.25, 0.3) is 5.91 Å². The highest BCUT2D eigenvalue weighted by Gasteiger charge is 2.34. The first-order valence-electron chi connectivity index (χ1n) is 9.59. The fourth-order valence-corrected chi connectivity index (χ4v) is 5.26. The van der Waals surface area contributed by atoms with Crippen LogP contribution in [0.1, 0.15) is 51.0 Å². The fourth-order valence-electron chi connectivity index (χ4n) is 4.04. The molecule has 0 saturated carbocycles. The lowest BCUT2D eigenvalue weighted by atomic mass is 9.95. The van der Waals surface area contributed by atoms with Gasteiger partial charge in [0.05, 0.1) is 24.9 Å². The maximum Gasteiger partial charge on any atom is 0.291 e. The second-order valence-electron chi connectivity index (χ2n) is 7.31. The minimum Gasteiger partial charge on any atom is -0.459 e. The van der Waals surface area contributed by atoms with E-state index in [0.717, 1.165) is 23.1 Å². The number of benzene rings is 1. The van der Waals surface area contributed by atoms with E-state index < -0.39 is 0 Å². The molecule has 28 heavy (non-hydrogen) atoms. The van der Waals surface area contributed by atoms with Gasteiger partial charge in [-0.3, -0.25) is 4.79 Å². The summed E-state index contributed by atoms with van der Waals surface area (Å²) in [6.45, 7) is 6.53. The van der Waals surface area contributed by atoms with Crippen LogP contribution < -0.4 is 10.2 Å². The fraction of sp³-hybridized carbons (Fsp3) is 0.318. The smallest absolute Gasteiger partial charge is 0.291 e. The van der Waals surface area contributed by atoms with Crippen molar-refractivity contribution in [3.63, 3.8) is 0 Å². The molecule has 1 saturated heterocycles. The van der Waals surface area contributed by atoms with Crippen LogP contribution in [0.3, 0.4) is 0 Å². The van der Waals surface area contributed by atoms with Gasteiger partial charge in [0, 0.05) is 28.3 Å². The largest absolute Gasteiger partial charge is 0.459 e. The first-order chi connectivity index (χ1) is 13.5. The van der Waals surface area contributed by atoms with Crippen LogP contribution in [0.15, 0.2) is 47.1 Å². The number of thiophene rings is 1. The van der Waals surface area contributed by atoms with Crippen LogP contribution in [0.25, 0.3) is 0 Å².